The Labute approximate surface area is 165 Å². The Hall–Kier alpha value is -3.41. The van der Waals surface area contributed by atoms with E-state index in [4.69, 9.17) is 5.26 Å². The predicted molar refractivity (Wildman–Crippen MR) is 110 cm³/mol. The highest BCUT2D eigenvalue weighted by Gasteiger charge is 2.18. The maximum Gasteiger partial charge on any atom is 0.143 e. The summed E-state index contributed by atoms with van der Waals surface area (Å²) in [5.74, 6) is 0. The second-order valence-corrected chi connectivity index (χ2v) is 7.08. The van der Waals surface area contributed by atoms with Crippen LogP contribution in [-0.4, -0.2) is 36.1 Å². The monoisotopic (exact) mass is 367 g/mol. The van der Waals surface area contributed by atoms with Crippen molar-refractivity contribution in [2.45, 2.75) is 13.0 Å². The summed E-state index contributed by atoms with van der Waals surface area (Å²) in [6.07, 6.45) is 1.06. The molecule has 2 aromatic carbocycles. The summed E-state index contributed by atoms with van der Waals surface area (Å²) in [7, 11) is 0. The fraction of sp³-hybridized carbons (Fsp3) is 0.261. The van der Waals surface area contributed by atoms with Gasteiger partial charge in [0.15, 0.2) is 0 Å². The van der Waals surface area contributed by atoms with Crippen molar-refractivity contribution >= 4 is 16.6 Å². The van der Waals surface area contributed by atoms with Gasteiger partial charge in [-0.2, -0.15) is 10.5 Å². The van der Waals surface area contributed by atoms with Crippen LogP contribution in [0.15, 0.2) is 54.6 Å². The third-order valence-electron chi connectivity index (χ3n) is 5.23. The summed E-state index contributed by atoms with van der Waals surface area (Å²) < 4.78 is 0. The van der Waals surface area contributed by atoms with Gasteiger partial charge in [0.25, 0.3) is 0 Å². The molecule has 1 aliphatic heterocycles. The smallest absolute Gasteiger partial charge is 0.143 e. The van der Waals surface area contributed by atoms with E-state index >= 15 is 0 Å². The Balaban J connectivity index is 1.52. The van der Waals surface area contributed by atoms with Crippen molar-refractivity contribution in [3.05, 3.63) is 71.4 Å². The highest BCUT2D eigenvalue weighted by Crippen LogP contribution is 2.27. The van der Waals surface area contributed by atoms with E-state index in [9.17, 15) is 5.26 Å². The quantitative estimate of drug-likeness (QED) is 0.706. The number of pyridine rings is 1. The summed E-state index contributed by atoms with van der Waals surface area (Å²) in [5, 5.41) is 19.4. The van der Waals surface area contributed by atoms with Crippen LogP contribution in [0.1, 0.15) is 23.2 Å². The number of aromatic nitrogens is 1. The van der Waals surface area contributed by atoms with E-state index in [0.717, 1.165) is 55.7 Å². The molecular weight excluding hydrogens is 346 g/mol. The first-order valence-corrected chi connectivity index (χ1v) is 9.53. The topological polar surface area (TPSA) is 67.0 Å². The number of para-hydroxylation sites is 1. The molecule has 0 saturated carbocycles. The third kappa shape index (κ3) is 3.81. The van der Waals surface area contributed by atoms with Gasteiger partial charge in [-0.25, -0.2) is 4.98 Å². The Morgan fingerprint density at radius 2 is 1.71 bits per heavy atom. The number of nitrogens with zero attached hydrogens (tertiary/aromatic N) is 5. The van der Waals surface area contributed by atoms with Crippen LogP contribution in [0, 0.1) is 22.7 Å². The minimum atomic E-state index is 0.465. The Kier molecular flexibility index (Phi) is 5.19. The predicted octanol–water partition coefficient (Wildman–Crippen LogP) is 3.69. The van der Waals surface area contributed by atoms with Crippen LogP contribution in [-0.2, 0) is 6.54 Å². The van der Waals surface area contributed by atoms with Gasteiger partial charge in [0.2, 0.25) is 0 Å². The lowest BCUT2D eigenvalue weighted by molar-refractivity contribution is 0.285. The molecule has 28 heavy (non-hydrogen) atoms. The molecule has 0 N–H and O–H groups in total. The van der Waals surface area contributed by atoms with Crippen molar-refractivity contribution in [2.24, 2.45) is 0 Å². The average Bonchev–Trinajstić information content (AvgIpc) is 2.99. The standard InChI is InChI=1S/C23H21N5/c24-15-18-6-8-19(9-7-18)17-27-10-3-11-28(13-12-27)23-14-20(16-25)26-22-5-2-1-4-21(22)23/h1-2,4-9,14H,3,10-13,17H2. The number of hydrogen-bond acceptors (Lipinski definition) is 5. The van der Waals surface area contributed by atoms with E-state index in [2.05, 4.69) is 33.0 Å². The zero-order valence-electron chi connectivity index (χ0n) is 15.7. The molecule has 4 rings (SSSR count). The van der Waals surface area contributed by atoms with E-state index in [-0.39, 0.29) is 0 Å². The summed E-state index contributed by atoms with van der Waals surface area (Å²) in [4.78, 5) is 9.27. The van der Waals surface area contributed by atoms with Crippen LogP contribution >= 0.6 is 0 Å². The van der Waals surface area contributed by atoms with E-state index in [0.29, 0.717) is 11.3 Å². The van der Waals surface area contributed by atoms with Crippen molar-refractivity contribution < 1.29 is 0 Å². The van der Waals surface area contributed by atoms with Crippen molar-refractivity contribution in [1.29, 1.82) is 10.5 Å². The van der Waals surface area contributed by atoms with Gasteiger partial charge >= 0.3 is 0 Å². The zero-order valence-corrected chi connectivity index (χ0v) is 15.7. The Morgan fingerprint density at radius 1 is 0.893 bits per heavy atom. The Morgan fingerprint density at radius 3 is 2.50 bits per heavy atom. The first kappa shape index (κ1) is 18.0. The molecule has 0 amide bonds. The van der Waals surface area contributed by atoms with Gasteiger partial charge < -0.3 is 4.90 Å². The summed E-state index contributed by atoms with van der Waals surface area (Å²) >= 11 is 0. The van der Waals surface area contributed by atoms with E-state index < -0.39 is 0 Å². The van der Waals surface area contributed by atoms with Crippen molar-refractivity contribution in [1.82, 2.24) is 9.88 Å². The fourth-order valence-electron chi connectivity index (χ4n) is 3.79. The van der Waals surface area contributed by atoms with Gasteiger partial charge in [0, 0.05) is 43.8 Å². The third-order valence-corrected chi connectivity index (χ3v) is 5.23. The van der Waals surface area contributed by atoms with Crippen molar-refractivity contribution in [3.8, 4) is 12.1 Å². The minimum Gasteiger partial charge on any atom is -0.370 e. The highest BCUT2D eigenvalue weighted by atomic mass is 15.2. The molecule has 1 saturated heterocycles. The first-order valence-electron chi connectivity index (χ1n) is 9.53. The number of nitriles is 2. The second kappa shape index (κ2) is 8.08. The van der Waals surface area contributed by atoms with Gasteiger partial charge in [-0.05, 0) is 36.2 Å². The number of hydrogen-bond donors (Lipinski definition) is 0. The lowest BCUT2D eigenvalue weighted by Crippen LogP contribution is -2.30. The van der Waals surface area contributed by atoms with Gasteiger partial charge in [-0.1, -0.05) is 30.3 Å². The first-order chi connectivity index (χ1) is 13.8. The largest absolute Gasteiger partial charge is 0.370 e. The number of fused-ring (bicyclic) bond motifs is 1. The van der Waals surface area contributed by atoms with Crippen LogP contribution in [0.2, 0.25) is 0 Å². The SMILES string of the molecule is N#Cc1ccc(CN2CCCN(c3cc(C#N)nc4ccccc34)CC2)cc1. The normalized spacial score (nSPS) is 15.0. The number of anilines is 1. The zero-order chi connectivity index (χ0) is 19.3. The minimum absolute atomic E-state index is 0.465. The second-order valence-electron chi connectivity index (χ2n) is 7.08. The maximum absolute atomic E-state index is 9.36. The molecule has 3 aromatic rings. The van der Waals surface area contributed by atoms with Crippen LogP contribution in [0.25, 0.3) is 10.9 Å². The van der Waals surface area contributed by atoms with E-state index in [1.54, 1.807) is 0 Å². The van der Waals surface area contributed by atoms with Gasteiger partial charge in [0.05, 0.1) is 17.1 Å². The molecule has 2 heterocycles. The molecular formula is C23H21N5. The molecule has 138 valence electrons. The van der Waals surface area contributed by atoms with E-state index in [1.807, 2.05) is 48.5 Å². The molecule has 0 spiro atoms. The molecule has 0 bridgehead atoms. The van der Waals surface area contributed by atoms with Crippen LogP contribution in [0.3, 0.4) is 0 Å². The molecule has 1 aromatic heterocycles. The Bertz CT molecular complexity index is 1060. The number of benzene rings is 2. The maximum atomic E-state index is 9.36. The molecule has 1 aliphatic rings. The molecule has 0 radical (unpaired) electrons. The molecule has 0 unspecified atom stereocenters. The average molecular weight is 367 g/mol. The fourth-order valence-corrected chi connectivity index (χ4v) is 3.79. The van der Waals surface area contributed by atoms with Crippen LogP contribution in [0.4, 0.5) is 5.69 Å². The lowest BCUT2D eigenvalue weighted by Gasteiger charge is -2.25. The molecule has 0 aliphatic carbocycles. The van der Waals surface area contributed by atoms with Crippen molar-refractivity contribution in [2.75, 3.05) is 31.1 Å². The lowest BCUT2D eigenvalue weighted by atomic mass is 10.1. The van der Waals surface area contributed by atoms with Gasteiger partial charge in [-0.15, -0.1) is 0 Å². The van der Waals surface area contributed by atoms with E-state index in [1.165, 1.54) is 5.56 Å². The number of rotatable bonds is 3. The highest BCUT2D eigenvalue weighted by molar-refractivity contribution is 5.92. The molecule has 5 heteroatoms. The van der Waals surface area contributed by atoms with Crippen molar-refractivity contribution in [3.63, 3.8) is 0 Å². The van der Waals surface area contributed by atoms with Crippen LogP contribution in [0.5, 0.6) is 0 Å². The summed E-state index contributed by atoms with van der Waals surface area (Å²) in [5.41, 5.74) is 4.36. The molecule has 1 fully saturated rings. The summed E-state index contributed by atoms with van der Waals surface area (Å²) in [6.45, 7) is 4.75. The molecule has 5 nitrogen and oxygen atoms in total. The molecule has 0 atom stereocenters. The van der Waals surface area contributed by atoms with Crippen LogP contribution < -0.4 is 4.90 Å². The summed E-state index contributed by atoms with van der Waals surface area (Å²) in [6, 6.07) is 22.1. The van der Waals surface area contributed by atoms with Gasteiger partial charge in [0.1, 0.15) is 11.8 Å². The van der Waals surface area contributed by atoms with Gasteiger partial charge in [-0.3, -0.25) is 4.90 Å².